The summed E-state index contributed by atoms with van der Waals surface area (Å²) in [4.78, 5) is 10.7. The summed E-state index contributed by atoms with van der Waals surface area (Å²) < 4.78 is 4.52. The number of carbonyl (C=O) groups excluding carboxylic acids is 1. The minimum absolute atomic E-state index is 0.00292. The highest BCUT2D eigenvalue weighted by molar-refractivity contribution is 7.79. The van der Waals surface area contributed by atoms with E-state index >= 15 is 0 Å². The average Bonchev–Trinajstić information content (AvgIpc) is 1.91. The van der Waals surface area contributed by atoms with Crippen LogP contribution in [0.25, 0.3) is 0 Å². The van der Waals surface area contributed by atoms with Gasteiger partial charge >= 0.3 is 5.97 Å². The third kappa shape index (κ3) is 2.59. The van der Waals surface area contributed by atoms with Crippen molar-refractivity contribution >= 4 is 23.6 Å². The highest BCUT2D eigenvalue weighted by atomic mass is 32.1. The van der Waals surface area contributed by atoms with E-state index in [9.17, 15) is 4.79 Å². The van der Waals surface area contributed by atoms with Crippen LogP contribution < -0.4 is 0 Å². The van der Waals surface area contributed by atoms with Crippen molar-refractivity contribution < 1.29 is 14.6 Å². The Morgan fingerprint density at radius 3 is 2.70 bits per heavy atom. The summed E-state index contributed by atoms with van der Waals surface area (Å²) in [7, 11) is 0. The van der Waals surface area contributed by atoms with Crippen LogP contribution in [0, 0.1) is 0 Å². The molecule has 0 atom stereocenters. The third-order valence-electron chi connectivity index (χ3n) is 0.777. The molecule has 56 valence electrons. The molecule has 0 amide bonds. The molecule has 0 aliphatic rings. The summed E-state index contributed by atoms with van der Waals surface area (Å²) in [6.45, 7) is 1.95. The summed E-state index contributed by atoms with van der Waals surface area (Å²) in [6, 6.07) is 0. The van der Waals surface area contributed by atoms with Gasteiger partial charge < -0.3 is 9.84 Å². The number of carbonyl (C=O) groups is 1. The van der Waals surface area contributed by atoms with Gasteiger partial charge in [0.15, 0.2) is 0 Å². The molecule has 0 aliphatic heterocycles. The van der Waals surface area contributed by atoms with E-state index in [2.05, 4.69) is 17.0 Å². The molecule has 0 saturated heterocycles. The Kier molecular flexibility index (Phi) is 4.49. The van der Waals surface area contributed by atoms with Crippen molar-refractivity contribution in [1.82, 2.24) is 0 Å². The molecule has 0 rings (SSSR count). The highest BCUT2D eigenvalue weighted by Crippen LogP contribution is 1.92. The fourth-order valence-electron chi connectivity index (χ4n) is 0.346. The maximum atomic E-state index is 10.7. The van der Waals surface area contributed by atoms with E-state index < -0.39 is 5.97 Å². The van der Waals surface area contributed by atoms with E-state index in [1.807, 2.05) is 0 Å². The van der Waals surface area contributed by atoms with Gasteiger partial charge in [-0.05, 0) is 6.92 Å². The molecule has 0 fully saturated rings. The smallest absolute Gasteiger partial charge is 0.342 e. The second-order valence-electron chi connectivity index (χ2n) is 1.42. The predicted octanol–water partition coefficient (Wildman–Crippen LogP) is 0.991. The molecule has 0 heterocycles. The number of aliphatic hydroxyl groups excluding tert-OH is 1. The van der Waals surface area contributed by atoms with Gasteiger partial charge in [-0.3, -0.25) is 0 Å². The normalized spacial score (nSPS) is 10.7. The Morgan fingerprint density at radius 2 is 2.40 bits per heavy atom. The Hall–Kier alpha value is -0.900. The predicted molar refractivity (Wildman–Crippen MR) is 41.0 cm³/mol. The lowest BCUT2D eigenvalue weighted by atomic mass is 10.3. The van der Waals surface area contributed by atoms with Gasteiger partial charge in [0.1, 0.15) is 5.57 Å². The first-order valence-electron chi connectivity index (χ1n) is 2.73. The fraction of sp³-hybridized carbons (Fsp3) is 0.333. The number of hydrogen-bond donors (Lipinski definition) is 1. The van der Waals surface area contributed by atoms with E-state index in [4.69, 9.17) is 5.11 Å². The van der Waals surface area contributed by atoms with Crippen molar-refractivity contribution in [2.45, 2.75) is 6.92 Å². The summed E-state index contributed by atoms with van der Waals surface area (Å²) in [5, 5.41) is 9.43. The maximum absolute atomic E-state index is 10.7. The number of esters is 1. The summed E-state index contributed by atoms with van der Waals surface area (Å²) in [5.74, 6) is -0.597. The molecule has 0 radical (unpaired) electrons. The Bertz CT molecular complexity index is 162. The Morgan fingerprint density at radius 1 is 1.80 bits per heavy atom. The molecule has 10 heavy (non-hydrogen) atoms. The van der Waals surface area contributed by atoms with Crippen LogP contribution in [0.4, 0.5) is 0 Å². The van der Waals surface area contributed by atoms with Crippen LogP contribution in [-0.4, -0.2) is 23.1 Å². The van der Waals surface area contributed by atoms with E-state index in [1.54, 1.807) is 6.92 Å². The first-order chi connectivity index (χ1) is 4.76. The molecule has 0 saturated carbocycles. The van der Waals surface area contributed by atoms with Crippen LogP contribution in [0.1, 0.15) is 6.92 Å². The van der Waals surface area contributed by atoms with Gasteiger partial charge in [-0.25, -0.2) is 4.79 Å². The quantitative estimate of drug-likeness (QED) is 0.289. The minimum Gasteiger partial charge on any atom is -0.515 e. The van der Waals surface area contributed by atoms with E-state index in [-0.39, 0.29) is 12.2 Å². The minimum atomic E-state index is -0.597. The number of hydrogen-bond acceptors (Lipinski definition) is 4. The van der Waals surface area contributed by atoms with Crippen LogP contribution in [0.2, 0.25) is 0 Å². The maximum Gasteiger partial charge on any atom is 0.342 e. The fourth-order valence-corrected chi connectivity index (χ4v) is 0.503. The van der Waals surface area contributed by atoms with Crippen molar-refractivity contribution in [3.05, 3.63) is 11.8 Å². The SMILES string of the molecule is CCOC(=O)/C(C=S)=C\O. The zero-order chi connectivity index (χ0) is 7.98. The molecule has 0 spiro atoms. The first-order valence-corrected chi connectivity index (χ1v) is 3.20. The molecule has 0 bridgehead atoms. The molecule has 0 aromatic carbocycles. The number of rotatable bonds is 3. The largest absolute Gasteiger partial charge is 0.515 e. The van der Waals surface area contributed by atoms with Crippen molar-refractivity contribution in [2.24, 2.45) is 0 Å². The standard InChI is InChI=1S/C6H8O3S/c1-2-9-6(8)5(3-7)4-10/h3-4,7H,2H2,1H3/b5-3-. The van der Waals surface area contributed by atoms with Gasteiger partial charge in [0, 0.05) is 5.37 Å². The molecule has 3 nitrogen and oxygen atoms in total. The van der Waals surface area contributed by atoms with Gasteiger partial charge in [-0.15, -0.1) is 0 Å². The van der Waals surface area contributed by atoms with Crippen molar-refractivity contribution in [2.75, 3.05) is 6.61 Å². The summed E-state index contributed by atoms with van der Waals surface area (Å²) in [6.07, 6.45) is 0.630. The zero-order valence-electron chi connectivity index (χ0n) is 5.53. The van der Waals surface area contributed by atoms with E-state index in [0.29, 0.717) is 6.26 Å². The number of ether oxygens (including phenoxy) is 1. The monoisotopic (exact) mass is 160 g/mol. The molecule has 1 N–H and O–H groups in total. The zero-order valence-corrected chi connectivity index (χ0v) is 6.35. The van der Waals surface area contributed by atoms with Gasteiger partial charge in [0.25, 0.3) is 0 Å². The van der Waals surface area contributed by atoms with Gasteiger partial charge in [-0.1, -0.05) is 12.2 Å². The summed E-state index contributed by atoms with van der Waals surface area (Å²) >= 11 is 4.41. The van der Waals surface area contributed by atoms with E-state index in [1.165, 1.54) is 0 Å². The van der Waals surface area contributed by atoms with Crippen LogP contribution in [0.5, 0.6) is 0 Å². The number of aliphatic hydroxyl groups is 1. The van der Waals surface area contributed by atoms with Crippen LogP contribution in [0.15, 0.2) is 11.8 Å². The lowest BCUT2D eigenvalue weighted by Crippen LogP contribution is -2.07. The van der Waals surface area contributed by atoms with Crippen molar-refractivity contribution in [3.63, 3.8) is 0 Å². The molecule has 0 unspecified atom stereocenters. The second-order valence-corrected chi connectivity index (χ2v) is 1.66. The second kappa shape index (κ2) is 4.93. The molecular formula is C6H8O3S. The molecule has 4 heteroatoms. The van der Waals surface area contributed by atoms with E-state index in [0.717, 1.165) is 5.37 Å². The number of thiocarbonyl (C=S) groups is 1. The van der Waals surface area contributed by atoms with Crippen molar-refractivity contribution in [1.29, 1.82) is 0 Å². The Labute approximate surface area is 64.3 Å². The highest BCUT2D eigenvalue weighted by Gasteiger charge is 2.05. The van der Waals surface area contributed by atoms with Gasteiger partial charge in [-0.2, -0.15) is 0 Å². The molecular weight excluding hydrogens is 152 g/mol. The topological polar surface area (TPSA) is 46.5 Å². The third-order valence-corrected chi connectivity index (χ3v) is 1.03. The van der Waals surface area contributed by atoms with Crippen LogP contribution in [-0.2, 0) is 9.53 Å². The van der Waals surface area contributed by atoms with Crippen LogP contribution >= 0.6 is 12.2 Å². The molecule has 0 aromatic rings. The summed E-state index contributed by atoms with van der Waals surface area (Å²) in [5.41, 5.74) is -0.00292. The Balaban J connectivity index is 4.04. The molecule has 0 aromatic heterocycles. The van der Waals surface area contributed by atoms with Crippen LogP contribution in [0.3, 0.4) is 0 Å². The van der Waals surface area contributed by atoms with Gasteiger partial charge in [0.05, 0.1) is 12.9 Å². The lowest BCUT2D eigenvalue weighted by molar-refractivity contribution is -0.137. The van der Waals surface area contributed by atoms with Crippen molar-refractivity contribution in [3.8, 4) is 0 Å². The first kappa shape index (κ1) is 9.10. The lowest BCUT2D eigenvalue weighted by Gasteiger charge is -1.97. The van der Waals surface area contributed by atoms with Gasteiger partial charge in [0.2, 0.25) is 0 Å². The molecule has 0 aliphatic carbocycles. The average molecular weight is 160 g/mol.